The number of aromatic nitrogens is 2. The molecule has 1 unspecified atom stereocenters. The highest BCUT2D eigenvalue weighted by molar-refractivity contribution is 8.00. The molecule has 4 nitrogen and oxygen atoms in total. The predicted octanol–water partition coefficient (Wildman–Crippen LogP) is 2.61. The molecule has 0 spiro atoms. The standard InChI is InChI=1S/C13H21N3OS/c1-4-6-10-16(5-2)12(17)11(3)18-13-14-8-7-9-15-13/h7-9,11H,4-6,10H2,1-3H3. The lowest BCUT2D eigenvalue weighted by Gasteiger charge is -2.23. The number of thioether (sulfide) groups is 1. The number of amides is 1. The van der Waals surface area contributed by atoms with Gasteiger partial charge < -0.3 is 4.90 Å². The first-order valence-electron chi connectivity index (χ1n) is 6.41. The third-order valence-electron chi connectivity index (χ3n) is 2.65. The van der Waals surface area contributed by atoms with Crippen molar-refractivity contribution >= 4 is 17.7 Å². The molecule has 0 N–H and O–H groups in total. The van der Waals surface area contributed by atoms with Crippen molar-refractivity contribution in [3.8, 4) is 0 Å². The van der Waals surface area contributed by atoms with E-state index in [1.54, 1.807) is 18.5 Å². The molecule has 1 aromatic heterocycles. The van der Waals surface area contributed by atoms with Gasteiger partial charge in [-0.25, -0.2) is 9.97 Å². The molecule has 0 bridgehead atoms. The van der Waals surface area contributed by atoms with E-state index >= 15 is 0 Å². The van der Waals surface area contributed by atoms with Crippen LogP contribution in [0.2, 0.25) is 0 Å². The molecule has 18 heavy (non-hydrogen) atoms. The summed E-state index contributed by atoms with van der Waals surface area (Å²) >= 11 is 1.42. The van der Waals surface area contributed by atoms with Crippen LogP contribution in [0.15, 0.2) is 23.6 Å². The van der Waals surface area contributed by atoms with Gasteiger partial charge in [0.2, 0.25) is 5.91 Å². The summed E-state index contributed by atoms with van der Waals surface area (Å²) in [5.74, 6) is 0.170. The Morgan fingerprint density at radius 2 is 2.06 bits per heavy atom. The third-order valence-corrected chi connectivity index (χ3v) is 3.62. The summed E-state index contributed by atoms with van der Waals surface area (Å²) in [6.45, 7) is 7.67. The lowest BCUT2D eigenvalue weighted by atomic mass is 10.3. The summed E-state index contributed by atoms with van der Waals surface area (Å²) < 4.78 is 0. The summed E-state index contributed by atoms with van der Waals surface area (Å²) in [5, 5.41) is 0.522. The molecule has 0 fully saturated rings. The highest BCUT2D eigenvalue weighted by Crippen LogP contribution is 2.20. The van der Waals surface area contributed by atoms with E-state index in [0.717, 1.165) is 25.9 Å². The number of carbonyl (C=O) groups is 1. The lowest BCUT2D eigenvalue weighted by Crippen LogP contribution is -2.37. The fourth-order valence-corrected chi connectivity index (χ4v) is 2.39. The van der Waals surface area contributed by atoms with Crippen molar-refractivity contribution in [2.45, 2.75) is 44.0 Å². The minimum absolute atomic E-state index is 0.135. The van der Waals surface area contributed by atoms with E-state index in [1.807, 2.05) is 18.7 Å². The molecule has 1 atom stereocenters. The van der Waals surface area contributed by atoms with Gasteiger partial charge >= 0.3 is 0 Å². The summed E-state index contributed by atoms with van der Waals surface area (Å²) in [4.78, 5) is 22.4. The van der Waals surface area contributed by atoms with Gasteiger partial charge in [0.05, 0.1) is 5.25 Å². The van der Waals surface area contributed by atoms with E-state index in [-0.39, 0.29) is 11.2 Å². The fourth-order valence-electron chi connectivity index (χ4n) is 1.59. The maximum atomic E-state index is 12.2. The van der Waals surface area contributed by atoms with E-state index < -0.39 is 0 Å². The van der Waals surface area contributed by atoms with Crippen LogP contribution in [-0.2, 0) is 4.79 Å². The SMILES string of the molecule is CCCCN(CC)C(=O)C(C)Sc1ncccn1. The third kappa shape index (κ3) is 4.64. The van der Waals surface area contributed by atoms with Crippen molar-refractivity contribution in [1.29, 1.82) is 0 Å². The van der Waals surface area contributed by atoms with Crippen LogP contribution >= 0.6 is 11.8 Å². The van der Waals surface area contributed by atoms with Gasteiger partial charge in [0.15, 0.2) is 5.16 Å². The maximum Gasteiger partial charge on any atom is 0.235 e. The van der Waals surface area contributed by atoms with Crippen LogP contribution in [0.5, 0.6) is 0 Å². The van der Waals surface area contributed by atoms with Crippen LogP contribution in [0.25, 0.3) is 0 Å². The highest BCUT2D eigenvalue weighted by atomic mass is 32.2. The molecule has 1 amide bonds. The highest BCUT2D eigenvalue weighted by Gasteiger charge is 2.20. The minimum Gasteiger partial charge on any atom is -0.342 e. The lowest BCUT2D eigenvalue weighted by molar-refractivity contribution is -0.130. The number of carbonyl (C=O) groups excluding carboxylic acids is 1. The van der Waals surface area contributed by atoms with Gasteiger partial charge in [-0.15, -0.1) is 0 Å². The van der Waals surface area contributed by atoms with Gasteiger partial charge in [-0.1, -0.05) is 25.1 Å². The van der Waals surface area contributed by atoms with E-state index in [0.29, 0.717) is 5.16 Å². The Morgan fingerprint density at radius 1 is 1.39 bits per heavy atom. The molecule has 5 heteroatoms. The minimum atomic E-state index is -0.135. The van der Waals surface area contributed by atoms with Crippen LogP contribution in [0.3, 0.4) is 0 Å². The largest absolute Gasteiger partial charge is 0.342 e. The second-order valence-corrected chi connectivity index (χ2v) is 5.37. The number of hydrogen-bond acceptors (Lipinski definition) is 4. The van der Waals surface area contributed by atoms with E-state index in [2.05, 4.69) is 16.9 Å². The molecule has 0 saturated carbocycles. The van der Waals surface area contributed by atoms with Crippen LogP contribution < -0.4 is 0 Å². The molecule has 0 saturated heterocycles. The summed E-state index contributed by atoms with van der Waals surface area (Å²) in [5.41, 5.74) is 0. The quantitative estimate of drug-likeness (QED) is 0.563. The molecule has 1 aromatic rings. The van der Waals surface area contributed by atoms with Crippen molar-refractivity contribution in [3.05, 3.63) is 18.5 Å². The Hall–Kier alpha value is -1.10. The van der Waals surface area contributed by atoms with E-state index in [4.69, 9.17) is 0 Å². The molecule has 0 aliphatic heterocycles. The monoisotopic (exact) mass is 267 g/mol. The predicted molar refractivity (Wildman–Crippen MR) is 74.5 cm³/mol. The van der Waals surface area contributed by atoms with Crippen molar-refractivity contribution in [2.75, 3.05) is 13.1 Å². The fraction of sp³-hybridized carbons (Fsp3) is 0.615. The zero-order valence-electron chi connectivity index (χ0n) is 11.3. The Balaban J connectivity index is 2.54. The molecule has 0 aliphatic carbocycles. The van der Waals surface area contributed by atoms with Gasteiger partial charge in [-0.2, -0.15) is 0 Å². The molecule has 100 valence electrons. The first-order valence-corrected chi connectivity index (χ1v) is 7.29. The van der Waals surface area contributed by atoms with Crippen molar-refractivity contribution in [2.24, 2.45) is 0 Å². The van der Waals surface area contributed by atoms with Crippen LogP contribution in [0.4, 0.5) is 0 Å². The Morgan fingerprint density at radius 3 is 2.61 bits per heavy atom. The summed E-state index contributed by atoms with van der Waals surface area (Å²) in [6, 6.07) is 1.77. The molecule has 1 rings (SSSR count). The average Bonchev–Trinajstić information content (AvgIpc) is 2.40. The Bertz CT molecular complexity index is 359. The Labute approximate surface area is 113 Å². The second kappa shape index (κ2) is 8.08. The van der Waals surface area contributed by atoms with Crippen molar-refractivity contribution in [3.63, 3.8) is 0 Å². The second-order valence-electron chi connectivity index (χ2n) is 4.06. The zero-order chi connectivity index (χ0) is 13.4. The van der Waals surface area contributed by atoms with Crippen LogP contribution in [-0.4, -0.2) is 39.1 Å². The number of unbranched alkanes of at least 4 members (excludes halogenated alkanes) is 1. The summed E-state index contributed by atoms with van der Waals surface area (Å²) in [7, 11) is 0. The maximum absolute atomic E-state index is 12.2. The molecule has 0 radical (unpaired) electrons. The van der Waals surface area contributed by atoms with E-state index in [1.165, 1.54) is 11.8 Å². The number of nitrogens with zero attached hydrogens (tertiary/aromatic N) is 3. The van der Waals surface area contributed by atoms with Gasteiger partial charge in [0.25, 0.3) is 0 Å². The molecular formula is C13H21N3OS. The molecular weight excluding hydrogens is 246 g/mol. The Kier molecular flexibility index (Phi) is 6.72. The van der Waals surface area contributed by atoms with Gasteiger partial charge in [0.1, 0.15) is 0 Å². The van der Waals surface area contributed by atoms with Gasteiger partial charge in [-0.3, -0.25) is 4.79 Å². The molecule has 0 aliphatic rings. The van der Waals surface area contributed by atoms with Crippen molar-refractivity contribution < 1.29 is 4.79 Å². The summed E-state index contributed by atoms with van der Waals surface area (Å²) in [6.07, 6.45) is 5.55. The smallest absolute Gasteiger partial charge is 0.235 e. The first-order chi connectivity index (χ1) is 8.69. The van der Waals surface area contributed by atoms with E-state index in [9.17, 15) is 4.79 Å². The topological polar surface area (TPSA) is 46.1 Å². The van der Waals surface area contributed by atoms with Gasteiger partial charge in [0, 0.05) is 25.5 Å². The number of hydrogen-bond donors (Lipinski definition) is 0. The van der Waals surface area contributed by atoms with Crippen LogP contribution in [0.1, 0.15) is 33.6 Å². The van der Waals surface area contributed by atoms with Crippen molar-refractivity contribution in [1.82, 2.24) is 14.9 Å². The molecule has 0 aromatic carbocycles. The zero-order valence-corrected chi connectivity index (χ0v) is 12.1. The molecule has 1 heterocycles. The van der Waals surface area contributed by atoms with Gasteiger partial charge in [-0.05, 0) is 26.3 Å². The van der Waals surface area contributed by atoms with Crippen LogP contribution in [0, 0.1) is 0 Å². The first kappa shape index (κ1) is 15.0. The normalized spacial score (nSPS) is 12.2. The average molecular weight is 267 g/mol. The number of rotatable bonds is 7.